The molecule has 0 aliphatic rings. The van der Waals surface area contributed by atoms with Crippen molar-refractivity contribution in [1.29, 1.82) is 5.41 Å². The average molecular weight is 406 g/mol. The van der Waals surface area contributed by atoms with Crippen molar-refractivity contribution >= 4 is 29.7 Å². The number of aromatic nitrogens is 2. The molecule has 1 aromatic heterocycles. The third-order valence-electron chi connectivity index (χ3n) is 3.60. The van der Waals surface area contributed by atoms with Crippen LogP contribution in [0, 0.1) is 5.41 Å². The number of amides is 1. The Hall–Kier alpha value is -3.17. The summed E-state index contributed by atoms with van der Waals surface area (Å²) >= 11 is 6.31. The second-order valence-electron chi connectivity index (χ2n) is 5.49. The highest BCUT2D eigenvalue weighted by atomic mass is 35.5. The van der Waals surface area contributed by atoms with Gasteiger partial charge in [-0.2, -0.15) is 0 Å². The number of hydrogen-bond donors (Lipinski definition) is 4. The van der Waals surface area contributed by atoms with Crippen LogP contribution in [-0.4, -0.2) is 43.3 Å². The van der Waals surface area contributed by atoms with Gasteiger partial charge in [0, 0.05) is 24.4 Å². The number of nitrogens with two attached hydrogens (primary N) is 1. The molecule has 0 saturated heterocycles. The highest BCUT2D eigenvalue weighted by Gasteiger charge is 2.14. The summed E-state index contributed by atoms with van der Waals surface area (Å²) in [6.45, 7) is 0.104. The lowest BCUT2D eigenvalue weighted by Gasteiger charge is -2.13. The van der Waals surface area contributed by atoms with E-state index in [-0.39, 0.29) is 12.5 Å². The van der Waals surface area contributed by atoms with Crippen molar-refractivity contribution in [3.63, 3.8) is 0 Å². The van der Waals surface area contributed by atoms with Gasteiger partial charge in [-0.15, -0.1) is 0 Å². The number of nitrogens with one attached hydrogen (secondary N) is 3. The summed E-state index contributed by atoms with van der Waals surface area (Å²) in [6, 6.07) is 3.21. The van der Waals surface area contributed by atoms with Crippen molar-refractivity contribution in [2.75, 3.05) is 26.5 Å². The third kappa shape index (κ3) is 5.41. The Kier molecular flexibility index (Phi) is 7.73. The molecule has 10 heteroatoms. The first-order chi connectivity index (χ1) is 13.5. The molecule has 0 unspecified atom stereocenters. The number of carbonyl (C=O) groups is 1. The fourth-order valence-corrected chi connectivity index (χ4v) is 2.48. The van der Waals surface area contributed by atoms with Gasteiger partial charge in [0.25, 0.3) is 5.91 Å². The van der Waals surface area contributed by atoms with Crippen LogP contribution in [0.3, 0.4) is 0 Å². The monoisotopic (exact) mass is 405 g/mol. The van der Waals surface area contributed by atoms with Gasteiger partial charge in [0.2, 0.25) is 5.95 Å². The van der Waals surface area contributed by atoms with Crippen LogP contribution in [0.25, 0.3) is 0 Å². The zero-order chi connectivity index (χ0) is 20.5. The topological polar surface area (TPSA) is 126 Å². The number of anilines is 1. The Balaban J connectivity index is 2.12. The molecule has 0 atom stereocenters. The molecule has 2 aromatic rings. The van der Waals surface area contributed by atoms with E-state index in [1.165, 1.54) is 25.7 Å². The number of allylic oxidation sites excluding steroid dienone is 1. The number of benzene rings is 1. The van der Waals surface area contributed by atoms with E-state index in [4.69, 9.17) is 26.5 Å². The van der Waals surface area contributed by atoms with E-state index >= 15 is 0 Å². The Morgan fingerprint density at radius 2 is 2.07 bits per heavy atom. The van der Waals surface area contributed by atoms with Crippen LogP contribution < -0.4 is 25.4 Å². The largest absolute Gasteiger partial charge is 0.495 e. The molecule has 2 rings (SSSR count). The molecular weight excluding hydrogens is 384 g/mol. The fourth-order valence-electron chi connectivity index (χ4n) is 2.24. The van der Waals surface area contributed by atoms with E-state index in [1.54, 1.807) is 30.7 Å². The van der Waals surface area contributed by atoms with Gasteiger partial charge in [0.1, 0.15) is 24.3 Å². The van der Waals surface area contributed by atoms with Gasteiger partial charge in [-0.3, -0.25) is 4.79 Å². The highest BCUT2D eigenvalue weighted by Crippen LogP contribution is 2.30. The summed E-state index contributed by atoms with van der Waals surface area (Å²) in [5.74, 6) is 0.892. The molecule has 1 heterocycles. The number of quaternary nitrogens is 1. The van der Waals surface area contributed by atoms with Crippen LogP contribution in [0.2, 0.25) is 5.02 Å². The number of ether oxygens (including phenoxy) is 2. The Labute approximate surface area is 167 Å². The zero-order valence-corrected chi connectivity index (χ0v) is 16.5. The first kappa shape index (κ1) is 21.1. The maximum Gasteiger partial charge on any atom is 0.251 e. The maximum atomic E-state index is 11.9. The normalized spacial score (nSPS) is 10.9. The van der Waals surface area contributed by atoms with Crippen LogP contribution in [0.1, 0.15) is 15.9 Å². The second-order valence-corrected chi connectivity index (χ2v) is 5.86. The number of nitrogens with zero attached hydrogens (tertiary/aromatic N) is 2. The minimum Gasteiger partial charge on any atom is -0.495 e. The first-order valence-electron chi connectivity index (χ1n) is 8.32. The van der Waals surface area contributed by atoms with Crippen molar-refractivity contribution in [2.45, 2.75) is 6.61 Å². The van der Waals surface area contributed by atoms with Gasteiger partial charge >= 0.3 is 0 Å². The van der Waals surface area contributed by atoms with Gasteiger partial charge < -0.3 is 30.8 Å². The molecule has 148 valence electrons. The lowest BCUT2D eigenvalue weighted by Crippen LogP contribution is -2.73. The predicted octanol–water partition coefficient (Wildman–Crippen LogP) is 1.17. The molecular formula is C18H22ClN6O3+. The Morgan fingerprint density at radius 1 is 1.36 bits per heavy atom. The lowest BCUT2D eigenvalue weighted by molar-refractivity contribution is -0.556. The van der Waals surface area contributed by atoms with E-state index in [0.717, 1.165) is 0 Å². The molecule has 5 N–H and O–H groups in total. The number of carbonyl (C=O) groups excluding carboxylic acids is 1. The summed E-state index contributed by atoms with van der Waals surface area (Å²) in [5.41, 5.74) is 1.56. The minimum absolute atomic E-state index is 0.104. The van der Waals surface area contributed by atoms with Crippen LogP contribution >= 0.6 is 11.6 Å². The summed E-state index contributed by atoms with van der Waals surface area (Å²) in [4.78, 5) is 20.2. The number of halogens is 1. The fraction of sp³-hybridized carbons (Fsp3) is 0.222. The molecule has 0 fully saturated rings. The average Bonchev–Trinajstić information content (AvgIpc) is 2.73. The van der Waals surface area contributed by atoms with Crippen molar-refractivity contribution < 1.29 is 19.6 Å². The smallest absolute Gasteiger partial charge is 0.251 e. The number of methoxy groups -OCH3 is 1. The van der Waals surface area contributed by atoms with Gasteiger partial charge in [-0.1, -0.05) is 11.6 Å². The van der Waals surface area contributed by atoms with E-state index in [2.05, 4.69) is 20.6 Å². The molecule has 28 heavy (non-hydrogen) atoms. The molecule has 9 nitrogen and oxygen atoms in total. The molecule has 0 saturated carbocycles. The van der Waals surface area contributed by atoms with Crippen molar-refractivity contribution in [2.24, 2.45) is 0 Å². The maximum absolute atomic E-state index is 11.9. The number of rotatable bonds is 9. The Bertz CT molecular complexity index is 870. The van der Waals surface area contributed by atoms with Crippen LogP contribution in [0.5, 0.6) is 11.5 Å². The van der Waals surface area contributed by atoms with E-state index < -0.39 is 0 Å². The van der Waals surface area contributed by atoms with Crippen LogP contribution in [0.4, 0.5) is 5.95 Å². The van der Waals surface area contributed by atoms with Crippen molar-refractivity contribution in [3.05, 3.63) is 52.6 Å². The van der Waals surface area contributed by atoms with E-state index in [9.17, 15) is 4.79 Å². The second kappa shape index (κ2) is 10.2. The number of hydrogen-bond acceptors (Lipinski definition) is 7. The van der Waals surface area contributed by atoms with Gasteiger partial charge in [-0.25, -0.2) is 9.97 Å². The van der Waals surface area contributed by atoms with Crippen molar-refractivity contribution in [1.82, 2.24) is 15.3 Å². The SMILES string of the molecule is CNC(=O)c1cc(COc2cnc(N/C(C=N)=C/[NH2+]C)nc2)c(Cl)c(OC)c1. The summed E-state index contributed by atoms with van der Waals surface area (Å²) in [6.07, 6.45) is 5.90. The van der Waals surface area contributed by atoms with E-state index in [1.807, 2.05) is 7.05 Å². The zero-order valence-electron chi connectivity index (χ0n) is 15.7. The van der Waals surface area contributed by atoms with Crippen LogP contribution in [0.15, 0.2) is 36.4 Å². The molecule has 0 radical (unpaired) electrons. The lowest BCUT2D eigenvalue weighted by atomic mass is 10.1. The summed E-state index contributed by atoms with van der Waals surface area (Å²) < 4.78 is 10.9. The van der Waals surface area contributed by atoms with Crippen molar-refractivity contribution in [3.8, 4) is 11.5 Å². The molecule has 0 aliphatic carbocycles. The van der Waals surface area contributed by atoms with Crippen LogP contribution in [-0.2, 0) is 6.61 Å². The highest BCUT2D eigenvalue weighted by molar-refractivity contribution is 6.33. The van der Waals surface area contributed by atoms with Gasteiger partial charge in [0.15, 0.2) is 5.75 Å². The third-order valence-corrected chi connectivity index (χ3v) is 4.03. The molecule has 0 spiro atoms. The standard InChI is InChI=1S/C18H21ClN6O3/c1-21-7-13(6-20)25-18-23-8-14(9-24-18)28-10-12-4-11(17(26)22-2)5-15(27-3)16(12)19/h4-9,20-21H,10H2,1-3H3,(H,22,26)(H,23,24,25)/p+1/b13-7+,20-6?. The first-order valence-corrected chi connectivity index (χ1v) is 8.70. The van der Waals surface area contributed by atoms with E-state index in [0.29, 0.717) is 39.3 Å². The summed E-state index contributed by atoms with van der Waals surface area (Å²) in [7, 11) is 4.87. The Morgan fingerprint density at radius 3 is 2.64 bits per heavy atom. The molecule has 0 bridgehead atoms. The van der Waals surface area contributed by atoms with Gasteiger partial charge in [0.05, 0.1) is 31.6 Å². The summed E-state index contributed by atoms with van der Waals surface area (Å²) in [5, 5.41) is 15.0. The predicted molar refractivity (Wildman–Crippen MR) is 106 cm³/mol. The minimum atomic E-state index is -0.255. The molecule has 1 aromatic carbocycles. The molecule has 0 aliphatic heterocycles. The molecule has 1 amide bonds. The van der Waals surface area contributed by atoms with Gasteiger partial charge in [-0.05, 0) is 12.1 Å². The quantitative estimate of drug-likeness (QED) is 0.464.